The molecule has 0 spiro atoms. The highest BCUT2D eigenvalue weighted by Crippen LogP contribution is 2.24. The maximum atomic E-state index is 13.6. The molecule has 4 heteroatoms. The zero-order chi connectivity index (χ0) is 15.2. The average Bonchev–Trinajstić information content (AvgIpc) is 2.48. The Morgan fingerprint density at radius 1 is 1.10 bits per heavy atom. The van der Waals surface area contributed by atoms with Gasteiger partial charge in [-0.05, 0) is 48.4 Å². The van der Waals surface area contributed by atoms with Gasteiger partial charge in [0.05, 0.1) is 5.02 Å². The summed E-state index contributed by atoms with van der Waals surface area (Å²) in [5.74, 6) is -0.102. The second kappa shape index (κ2) is 7.79. The van der Waals surface area contributed by atoms with Crippen LogP contribution in [0.3, 0.4) is 0 Å². The Kier molecular flexibility index (Phi) is 6.04. The number of likely N-dealkylation sites (N-methyl/N-ethyl adjacent to an activating group) is 1. The Bertz CT molecular complexity index is 584. The second-order valence-electron chi connectivity index (χ2n) is 5.01. The summed E-state index contributed by atoms with van der Waals surface area (Å²) in [4.78, 5) is 0. The van der Waals surface area contributed by atoms with E-state index in [0.29, 0.717) is 0 Å². The number of rotatable bonds is 6. The Morgan fingerprint density at radius 2 is 1.81 bits per heavy atom. The average molecular weight is 326 g/mol. The zero-order valence-electron chi connectivity index (χ0n) is 11.9. The Hall–Kier alpha value is -1.09. The van der Waals surface area contributed by atoms with Gasteiger partial charge in [0.1, 0.15) is 5.82 Å². The quantitative estimate of drug-likeness (QED) is 0.782. The molecule has 2 rings (SSSR count). The normalized spacial score (nSPS) is 12.4. The first kappa shape index (κ1) is 16.3. The fraction of sp³-hybridized carbons (Fsp3) is 0.294. The molecule has 1 N–H and O–H groups in total. The van der Waals surface area contributed by atoms with Gasteiger partial charge in [-0.2, -0.15) is 0 Å². The van der Waals surface area contributed by atoms with Crippen LogP contribution in [0.2, 0.25) is 10.0 Å². The second-order valence-corrected chi connectivity index (χ2v) is 5.85. The molecule has 0 fully saturated rings. The Morgan fingerprint density at radius 3 is 2.43 bits per heavy atom. The molecular weight excluding hydrogens is 308 g/mol. The van der Waals surface area contributed by atoms with Crippen molar-refractivity contribution in [2.24, 2.45) is 0 Å². The molecule has 2 aromatic rings. The van der Waals surface area contributed by atoms with E-state index in [9.17, 15) is 4.39 Å². The molecule has 0 bridgehead atoms. The van der Waals surface area contributed by atoms with Gasteiger partial charge in [0.25, 0.3) is 0 Å². The van der Waals surface area contributed by atoms with Crippen LogP contribution in [-0.2, 0) is 6.42 Å². The summed E-state index contributed by atoms with van der Waals surface area (Å²) in [5.41, 5.74) is 2.13. The van der Waals surface area contributed by atoms with Gasteiger partial charge in [-0.1, -0.05) is 48.3 Å². The highest BCUT2D eigenvalue weighted by atomic mass is 35.5. The van der Waals surface area contributed by atoms with E-state index in [4.69, 9.17) is 23.2 Å². The summed E-state index contributed by atoms with van der Waals surface area (Å²) in [5, 5.41) is 4.24. The van der Waals surface area contributed by atoms with E-state index in [1.807, 2.05) is 30.3 Å². The van der Waals surface area contributed by atoms with Gasteiger partial charge < -0.3 is 5.32 Å². The lowest BCUT2D eigenvalue weighted by atomic mass is 9.92. The fourth-order valence-electron chi connectivity index (χ4n) is 2.31. The van der Waals surface area contributed by atoms with Crippen LogP contribution in [-0.4, -0.2) is 13.1 Å². The van der Waals surface area contributed by atoms with Crippen molar-refractivity contribution >= 4 is 23.2 Å². The lowest BCUT2D eigenvalue weighted by molar-refractivity contribution is 0.588. The molecule has 112 valence electrons. The third-order valence-corrected chi connectivity index (χ3v) is 4.01. The summed E-state index contributed by atoms with van der Waals surface area (Å²) in [6, 6.07) is 12.8. The maximum Gasteiger partial charge on any atom is 0.142 e. The molecular formula is C17H18Cl2FN. The Labute approximate surface area is 135 Å². The lowest BCUT2D eigenvalue weighted by Crippen LogP contribution is -2.22. The van der Waals surface area contributed by atoms with Crippen LogP contribution in [0.1, 0.15) is 24.0 Å². The SMILES string of the molecule is CCNCC(Cc1ccc(Cl)c(F)c1)c1ccc(Cl)cc1. The monoisotopic (exact) mass is 325 g/mol. The van der Waals surface area contributed by atoms with Crippen molar-refractivity contribution in [3.8, 4) is 0 Å². The molecule has 1 atom stereocenters. The smallest absolute Gasteiger partial charge is 0.142 e. The van der Waals surface area contributed by atoms with E-state index in [-0.39, 0.29) is 16.8 Å². The van der Waals surface area contributed by atoms with Gasteiger partial charge in [-0.3, -0.25) is 0 Å². The fourth-order valence-corrected chi connectivity index (χ4v) is 2.56. The van der Waals surface area contributed by atoms with E-state index < -0.39 is 0 Å². The highest BCUT2D eigenvalue weighted by molar-refractivity contribution is 6.30. The Balaban J connectivity index is 2.19. The van der Waals surface area contributed by atoms with Crippen LogP contribution in [0.5, 0.6) is 0 Å². The maximum absolute atomic E-state index is 13.6. The predicted octanol–water partition coefficient (Wildman–Crippen LogP) is 5.07. The molecule has 1 nitrogen and oxygen atoms in total. The number of hydrogen-bond acceptors (Lipinski definition) is 1. The minimum Gasteiger partial charge on any atom is -0.316 e. The third-order valence-electron chi connectivity index (χ3n) is 3.45. The molecule has 1 unspecified atom stereocenters. The number of hydrogen-bond donors (Lipinski definition) is 1. The molecule has 0 saturated carbocycles. The largest absolute Gasteiger partial charge is 0.316 e. The van der Waals surface area contributed by atoms with Crippen molar-refractivity contribution in [1.29, 1.82) is 0 Å². The first-order chi connectivity index (χ1) is 10.1. The van der Waals surface area contributed by atoms with E-state index in [2.05, 4.69) is 12.2 Å². The zero-order valence-corrected chi connectivity index (χ0v) is 13.4. The van der Waals surface area contributed by atoms with Crippen molar-refractivity contribution in [2.45, 2.75) is 19.3 Å². The molecule has 21 heavy (non-hydrogen) atoms. The van der Waals surface area contributed by atoms with Crippen LogP contribution in [0.4, 0.5) is 4.39 Å². The summed E-state index contributed by atoms with van der Waals surface area (Å²) in [6.45, 7) is 3.81. The van der Waals surface area contributed by atoms with E-state index in [1.165, 1.54) is 11.6 Å². The van der Waals surface area contributed by atoms with Crippen LogP contribution in [0.15, 0.2) is 42.5 Å². The molecule has 0 saturated heterocycles. The number of halogens is 3. The standard InChI is InChI=1S/C17H18Cl2FN/c1-2-21-11-14(13-4-6-15(18)7-5-13)9-12-3-8-16(19)17(20)10-12/h3-8,10,14,21H,2,9,11H2,1H3. The van der Waals surface area contributed by atoms with Gasteiger partial charge >= 0.3 is 0 Å². The van der Waals surface area contributed by atoms with Crippen molar-refractivity contribution in [3.05, 3.63) is 69.5 Å². The van der Waals surface area contributed by atoms with Crippen molar-refractivity contribution in [1.82, 2.24) is 5.32 Å². The molecule has 2 aromatic carbocycles. The molecule has 0 aromatic heterocycles. The molecule has 0 heterocycles. The van der Waals surface area contributed by atoms with Crippen LogP contribution in [0.25, 0.3) is 0 Å². The van der Waals surface area contributed by atoms with Crippen molar-refractivity contribution < 1.29 is 4.39 Å². The van der Waals surface area contributed by atoms with Crippen molar-refractivity contribution in [2.75, 3.05) is 13.1 Å². The van der Waals surface area contributed by atoms with E-state index in [0.717, 1.165) is 30.1 Å². The molecule has 0 aliphatic carbocycles. The van der Waals surface area contributed by atoms with Gasteiger partial charge in [-0.15, -0.1) is 0 Å². The molecule has 0 aliphatic rings. The minimum absolute atomic E-state index is 0.161. The summed E-state index contributed by atoms with van der Waals surface area (Å²) in [6.07, 6.45) is 0.753. The third kappa shape index (κ3) is 4.70. The first-order valence-corrected chi connectivity index (χ1v) is 7.76. The topological polar surface area (TPSA) is 12.0 Å². The van der Waals surface area contributed by atoms with Gasteiger partial charge in [0.2, 0.25) is 0 Å². The van der Waals surface area contributed by atoms with Crippen LogP contribution < -0.4 is 5.32 Å². The van der Waals surface area contributed by atoms with E-state index in [1.54, 1.807) is 6.07 Å². The van der Waals surface area contributed by atoms with Crippen molar-refractivity contribution in [3.63, 3.8) is 0 Å². The number of nitrogens with one attached hydrogen (secondary N) is 1. The van der Waals surface area contributed by atoms with Gasteiger partial charge in [0, 0.05) is 17.5 Å². The summed E-state index contributed by atoms with van der Waals surface area (Å²) >= 11 is 11.7. The number of benzene rings is 2. The summed E-state index contributed by atoms with van der Waals surface area (Å²) < 4.78 is 13.6. The first-order valence-electron chi connectivity index (χ1n) is 7.00. The minimum atomic E-state index is -0.368. The van der Waals surface area contributed by atoms with Gasteiger partial charge in [0.15, 0.2) is 0 Å². The summed E-state index contributed by atoms with van der Waals surface area (Å²) in [7, 11) is 0. The van der Waals surface area contributed by atoms with Crippen LogP contribution in [0, 0.1) is 5.82 Å². The molecule has 0 amide bonds. The lowest BCUT2D eigenvalue weighted by Gasteiger charge is -2.18. The van der Waals surface area contributed by atoms with Crippen LogP contribution >= 0.6 is 23.2 Å². The predicted molar refractivity (Wildman–Crippen MR) is 87.9 cm³/mol. The van der Waals surface area contributed by atoms with E-state index >= 15 is 0 Å². The highest BCUT2D eigenvalue weighted by Gasteiger charge is 2.13. The van der Waals surface area contributed by atoms with Gasteiger partial charge in [-0.25, -0.2) is 4.39 Å². The molecule has 0 aliphatic heterocycles. The molecule has 0 radical (unpaired) electrons.